The van der Waals surface area contributed by atoms with Gasteiger partial charge in [-0.3, -0.25) is 0 Å². The zero-order valence-electron chi connectivity index (χ0n) is 12.4. The molecule has 0 saturated carbocycles. The summed E-state index contributed by atoms with van der Waals surface area (Å²) in [5.41, 5.74) is 4.31. The molecule has 0 atom stereocenters. The molecular weight excluding hydrogens is 339 g/mol. The molecule has 1 aliphatic rings. The summed E-state index contributed by atoms with van der Waals surface area (Å²) in [5, 5.41) is 4.61. The van der Waals surface area contributed by atoms with Gasteiger partial charge in [-0.1, -0.05) is 29.3 Å². The van der Waals surface area contributed by atoms with Crippen LogP contribution >= 0.6 is 34.5 Å². The number of likely N-dealkylation sites (N-methyl/N-ethyl adjacent to an activating group) is 1. The van der Waals surface area contributed by atoms with Gasteiger partial charge in [0.1, 0.15) is 5.01 Å². The van der Waals surface area contributed by atoms with Crippen LogP contribution < -0.4 is 5.43 Å². The van der Waals surface area contributed by atoms with E-state index in [1.54, 1.807) is 11.3 Å². The number of aromatic nitrogens is 1. The van der Waals surface area contributed by atoms with Crippen molar-refractivity contribution < 1.29 is 0 Å². The third kappa shape index (κ3) is 3.79. The SMILES string of the molecule is CN1CCN(NCc2ncc(-c3c(Cl)cccc3Cl)s2)CC1. The predicted molar refractivity (Wildman–Crippen MR) is 93.5 cm³/mol. The van der Waals surface area contributed by atoms with Crippen molar-refractivity contribution in [2.75, 3.05) is 33.2 Å². The number of rotatable bonds is 4. The Morgan fingerprint density at radius 2 is 1.86 bits per heavy atom. The predicted octanol–water partition coefficient (Wildman–Crippen LogP) is 3.37. The Labute approximate surface area is 144 Å². The number of benzene rings is 1. The van der Waals surface area contributed by atoms with E-state index in [-0.39, 0.29) is 0 Å². The number of hydrogen-bond acceptors (Lipinski definition) is 5. The van der Waals surface area contributed by atoms with Gasteiger partial charge in [0.25, 0.3) is 0 Å². The maximum Gasteiger partial charge on any atom is 0.108 e. The maximum absolute atomic E-state index is 6.25. The van der Waals surface area contributed by atoms with E-state index in [9.17, 15) is 0 Å². The van der Waals surface area contributed by atoms with Crippen LogP contribution in [0, 0.1) is 0 Å². The summed E-state index contributed by atoms with van der Waals surface area (Å²) in [5.74, 6) is 0. The fourth-order valence-electron chi connectivity index (χ4n) is 2.38. The summed E-state index contributed by atoms with van der Waals surface area (Å²) >= 11 is 14.1. The van der Waals surface area contributed by atoms with E-state index in [1.165, 1.54) is 0 Å². The number of halogens is 2. The third-order valence-corrected chi connectivity index (χ3v) is 5.36. The standard InChI is InChI=1S/C15H18Cl2N4S/c1-20-5-7-21(8-6-20)19-10-14-18-9-13(22-14)15-11(16)3-2-4-12(15)17/h2-4,9,19H,5-8,10H2,1H3. The second-order valence-corrected chi connectivity index (χ2v) is 7.27. The molecule has 0 aliphatic carbocycles. The van der Waals surface area contributed by atoms with E-state index in [0.29, 0.717) is 10.0 Å². The van der Waals surface area contributed by atoms with E-state index in [4.69, 9.17) is 23.2 Å². The summed E-state index contributed by atoms with van der Waals surface area (Å²) in [6, 6.07) is 5.56. The molecule has 3 rings (SSSR count). The molecule has 1 saturated heterocycles. The van der Waals surface area contributed by atoms with Crippen molar-refractivity contribution in [1.82, 2.24) is 20.3 Å². The van der Waals surface area contributed by atoms with Gasteiger partial charge in [-0.2, -0.15) is 0 Å². The quantitative estimate of drug-likeness (QED) is 0.909. The highest BCUT2D eigenvalue weighted by Gasteiger charge is 2.15. The van der Waals surface area contributed by atoms with Gasteiger partial charge in [0.2, 0.25) is 0 Å². The van der Waals surface area contributed by atoms with Gasteiger partial charge in [-0.25, -0.2) is 15.4 Å². The fraction of sp³-hybridized carbons (Fsp3) is 0.400. The molecule has 4 nitrogen and oxygen atoms in total. The van der Waals surface area contributed by atoms with Crippen LogP contribution in [-0.2, 0) is 6.54 Å². The maximum atomic E-state index is 6.25. The van der Waals surface area contributed by atoms with E-state index in [2.05, 4.69) is 27.4 Å². The van der Waals surface area contributed by atoms with Gasteiger partial charge < -0.3 is 4.90 Å². The number of hydrazine groups is 1. The zero-order valence-corrected chi connectivity index (χ0v) is 14.7. The molecule has 2 aromatic rings. The summed E-state index contributed by atoms with van der Waals surface area (Å²) in [6.07, 6.45) is 1.85. The second kappa shape index (κ2) is 7.25. The van der Waals surface area contributed by atoms with E-state index in [0.717, 1.165) is 48.2 Å². The molecule has 1 aliphatic heterocycles. The zero-order chi connectivity index (χ0) is 15.5. The normalized spacial score (nSPS) is 17.0. The van der Waals surface area contributed by atoms with Crippen LogP contribution in [0.5, 0.6) is 0 Å². The molecule has 0 unspecified atom stereocenters. The average molecular weight is 357 g/mol. The van der Waals surface area contributed by atoms with Crippen LogP contribution in [-0.4, -0.2) is 48.1 Å². The number of hydrogen-bond donors (Lipinski definition) is 1. The minimum absolute atomic E-state index is 0.662. The van der Waals surface area contributed by atoms with Crippen LogP contribution in [0.4, 0.5) is 0 Å². The van der Waals surface area contributed by atoms with Gasteiger partial charge in [0, 0.05) is 37.9 Å². The highest BCUT2D eigenvalue weighted by molar-refractivity contribution is 7.15. The van der Waals surface area contributed by atoms with Gasteiger partial charge >= 0.3 is 0 Å². The van der Waals surface area contributed by atoms with E-state index in [1.807, 2.05) is 24.4 Å². The molecule has 1 N–H and O–H groups in total. The minimum Gasteiger partial charge on any atom is -0.304 e. The van der Waals surface area contributed by atoms with Crippen molar-refractivity contribution in [1.29, 1.82) is 0 Å². The second-order valence-electron chi connectivity index (χ2n) is 5.34. The van der Waals surface area contributed by atoms with E-state index >= 15 is 0 Å². The molecule has 1 aromatic heterocycles. The lowest BCUT2D eigenvalue weighted by Crippen LogP contribution is -2.50. The number of nitrogens with one attached hydrogen (secondary N) is 1. The molecular formula is C15H18Cl2N4S. The largest absolute Gasteiger partial charge is 0.304 e. The van der Waals surface area contributed by atoms with Gasteiger partial charge in [-0.15, -0.1) is 11.3 Å². The van der Waals surface area contributed by atoms with Crippen molar-refractivity contribution in [2.45, 2.75) is 6.54 Å². The first kappa shape index (κ1) is 16.2. The van der Waals surface area contributed by atoms with Crippen molar-refractivity contribution in [3.8, 4) is 10.4 Å². The molecule has 7 heteroatoms. The van der Waals surface area contributed by atoms with Crippen molar-refractivity contribution >= 4 is 34.5 Å². The third-order valence-electron chi connectivity index (χ3n) is 3.72. The van der Waals surface area contributed by atoms with Crippen LogP contribution in [0.15, 0.2) is 24.4 Å². The minimum atomic E-state index is 0.662. The topological polar surface area (TPSA) is 31.4 Å². The first-order chi connectivity index (χ1) is 10.6. The Hall–Kier alpha value is -0.690. The van der Waals surface area contributed by atoms with Gasteiger partial charge in [0.05, 0.1) is 21.5 Å². The molecule has 0 amide bonds. The van der Waals surface area contributed by atoms with Crippen LogP contribution in [0.25, 0.3) is 10.4 Å². The summed E-state index contributed by atoms with van der Waals surface area (Å²) in [4.78, 5) is 7.81. The Balaban J connectivity index is 1.64. The first-order valence-electron chi connectivity index (χ1n) is 7.19. The molecule has 2 heterocycles. The Bertz CT molecular complexity index is 618. The van der Waals surface area contributed by atoms with Crippen molar-refractivity contribution in [3.05, 3.63) is 39.4 Å². The van der Waals surface area contributed by atoms with Gasteiger partial charge in [0.15, 0.2) is 0 Å². The smallest absolute Gasteiger partial charge is 0.108 e. The Kier molecular flexibility index (Phi) is 5.33. The monoisotopic (exact) mass is 356 g/mol. The summed E-state index contributed by atoms with van der Waals surface area (Å²) in [6.45, 7) is 4.98. The van der Waals surface area contributed by atoms with Crippen LogP contribution in [0.1, 0.15) is 5.01 Å². The number of nitrogens with zero attached hydrogens (tertiary/aromatic N) is 3. The molecule has 1 fully saturated rings. The lowest BCUT2D eigenvalue weighted by molar-refractivity contribution is 0.102. The number of thiazole rings is 1. The van der Waals surface area contributed by atoms with Crippen LogP contribution in [0.2, 0.25) is 10.0 Å². The molecule has 118 valence electrons. The molecule has 0 spiro atoms. The van der Waals surface area contributed by atoms with Crippen LogP contribution in [0.3, 0.4) is 0 Å². The van der Waals surface area contributed by atoms with Crippen molar-refractivity contribution in [2.24, 2.45) is 0 Å². The number of piperazine rings is 1. The molecule has 1 aromatic carbocycles. The first-order valence-corrected chi connectivity index (χ1v) is 8.77. The fourth-order valence-corrected chi connectivity index (χ4v) is 4.02. The summed E-state index contributed by atoms with van der Waals surface area (Å²) in [7, 11) is 2.15. The Morgan fingerprint density at radius 3 is 2.55 bits per heavy atom. The van der Waals surface area contributed by atoms with Gasteiger partial charge in [-0.05, 0) is 19.2 Å². The highest BCUT2D eigenvalue weighted by Crippen LogP contribution is 2.37. The molecule has 0 bridgehead atoms. The summed E-state index contributed by atoms with van der Waals surface area (Å²) < 4.78 is 0. The molecule has 22 heavy (non-hydrogen) atoms. The average Bonchev–Trinajstić information content (AvgIpc) is 2.95. The Morgan fingerprint density at radius 1 is 1.18 bits per heavy atom. The van der Waals surface area contributed by atoms with Crippen molar-refractivity contribution in [3.63, 3.8) is 0 Å². The molecule has 0 radical (unpaired) electrons. The lowest BCUT2D eigenvalue weighted by Gasteiger charge is -2.32. The van der Waals surface area contributed by atoms with E-state index < -0.39 is 0 Å². The highest BCUT2D eigenvalue weighted by atomic mass is 35.5. The lowest BCUT2D eigenvalue weighted by atomic mass is 10.2.